The maximum absolute atomic E-state index is 12.2. The molecule has 6 nitrogen and oxygen atoms in total. The first kappa shape index (κ1) is 18.7. The van der Waals surface area contributed by atoms with Gasteiger partial charge in [0, 0.05) is 70.5 Å². The zero-order valence-corrected chi connectivity index (χ0v) is 15.7. The highest BCUT2D eigenvalue weighted by molar-refractivity contribution is 5.91. The highest BCUT2D eigenvalue weighted by Gasteiger charge is 2.19. The van der Waals surface area contributed by atoms with Gasteiger partial charge in [0.05, 0.1) is 0 Å². The Labute approximate surface area is 156 Å². The van der Waals surface area contributed by atoms with Crippen molar-refractivity contribution in [3.63, 3.8) is 0 Å². The minimum absolute atomic E-state index is 0.0460. The van der Waals surface area contributed by atoms with Gasteiger partial charge in [0.25, 0.3) is 0 Å². The number of benzene rings is 1. The summed E-state index contributed by atoms with van der Waals surface area (Å²) in [6.45, 7) is 7.81. The van der Waals surface area contributed by atoms with Gasteiger partial charge in [-0.15, -0.1) is 0 Å². The van der Waals surface area contributed by atoms with Crippen molar-refractivity contribution in [2.45, 2.75) is 32.6 Å². The van der Waals surface area contributed by atoms with Crippen molar-refractivity contribution in [3.05, 3.63) is 24.3 Å². The van der Waals surface area contributed by atoms with Gasteiger partial charge in [-0.1, -0.05) is 0 Å². The topological polar surface area (TPSA) is 55.9 Å². The molecule has 0 bridgehead atoms. The summed E-state index contributed by atoms with van der Waals surface area (Å²) >= 11 is 0. The van der Waals surface area contributed by atoms with Crippen LogP contribution >= 0.6 is 0 Å². The molecule has 142 valence electrons. The lowest BCUT2D eigenvalue weighted by Crippen LogP contribution is -2.48. The van der Waals surface area contributed by atoms with Crippen LogP contribution in [0.5, 0.6) is 0 Å². The maximum atomic E-state index is 12.2. The maximum Gasteiger partial charge on any atom is 0.225 e. The third-order valence-electron chi connectivity index (χ3n) is 5.34. The number of nitrogens with zero attached hydrogens (tertiary/aromatic N) is 3. The monoisotopic (exact) mass is 358 g/mol. The van der Waals surface area contributed by atoms with Crippen LogP contribution in [0.2, 0.25) is 0 Å². The minimum atomic E-state index is 0.0460. The Kier molecular flexibility index (Phi) is 6.50. The van der Waals surface area contributed by atoms with E-state index in [2.05, 4.69) is 27.2 Å². The fourth-order valence-corrected chi connectivity index (χ4v) is 3.68. The van der Waals surface area contributed by atoms with Gasteiger partial charge in [0.2, 0.25) is 11.8 Å². The predicted molar refractivity (Wildman–Crippen MR) is 104 cm³/mol. The van der Waals surface area contributed by atoms with E-state index in [4.69, 9.17) is 0 Å². The van der Waals surface area contributed by atoms with E-state index >= 15 is 0 Å². The number of amides is 2. The van der Waals surface area contributed by atoms with Crippen molar-refractivity contribution < 1.29 is 9.59 Å². The standard InChI is InChI=1S/C20H30N4O2/c1-17(25)23-15-13-22(14-16-23)12-9-20(26)21-18-5-7-19(8-6-18)24-10-3-2-4-11-24/h5-8H,2-4,9-16H2,1H3,(H,21,26). The van der Waals surface area contributed by atoms with Crippen LogP contribution in [0.15, 0.2) is 24.3 Å². The molecule has 0 spiro atoms. The molecule has 2 fully saturated rings. The highest BCUT2D eigenvalue weighted by atomic mass is 16.2. The van der Waals surface area contributed by atoms with Gasteiger partial charge in [-0.2, -0.15) is 0 Å². The molecule has 0 radical (unpaired) electrons. The first-order valence-corrected chi connectivity index (χ1v) is 9.74. The van der Waals surface area contributed by atoms with Crippen LogP contribution in [0.1, 0.15) is 32.6 Å². The van der Waals surface area contributed by atoms with E-state index in [0.29, 0.717) is 6.42 Å². The second kappa shape index (κ2) is 9.03. The molecule has 1 aromatic carbocycles. The molecule has 1 N–H and O–H groups in total. The zero-order valence-electron chi connectivity index (χ0n) is 15.7. The van der Waals surface area contributed by atoms with Gasteiger partial charge >= 0.3 is 0 Å². The number of hydrogen-bond donors (Lipinski definition) is 1. The van der Waals surface area contributed by atoms with E-state index in [-0.39, 0.29) is 11.8 Å². The number of piperazine rings is 1. The summed E-state index contributed by atoms with van der Waals surface area (Å²) in [5.41, 5.74) is 2.10. The van der Waals surface area contributed by atoms with E-state index in [1.807, 2.05) is 17.0 Å². The van der Waals surface area contributed by atoms with Crippen molar-refractivity contribution in [2.24, 2.45) is 0 Å². The van der Waals surface area contributed by atoms with Crippen molar-refractivity contribution in [1.82, 2.24) is 9.80 Å². The number of rotatable bonds is 5. The zero-order chi connectivity index (χ0) is 18.4. The van der Waals surface area contributed by atoms with Gasteiger partial charge < -0.3 is 15.1 Å². The van der Waals surface area contributed by atoms with Crippen molar-refractivity contribution in [3.8, 4) is 0 Å². The van der Waals surface area contributed by atoms with Gasteiger partial charge in [-0.25, -0.2) is 0 Å². The Balaban J connectivity index is 1.40. The molecule has 0 aliphatic carbocycles. The number of carbonyl (C=O) groups excluding carboxylic acids is 2. The molecule has 26 heavy (non-hydrogen) atoms. The summed E-state index contributed by atoms with van der Waals surface area (Å²) < 4.78 is 0. The Bertz CT molecular complexity index is 603. The molecule has 2 aliphatic heterocycles. The first-order valence-electron chi connectivity index (χ1n) is 9.74. The van der Waals surface area contributed by atoms with Gasteiger partial charge in [0.1, 0.15) is 0 Å². The van der Waals surface area contributed by atoms with Gasteiger partial charge in [-0.3, -0.25) is 14.5 Å². The molecular formula is C20H30N4O2. The van der Waals surface area contributed by atoms with Crippen LogP contribution in [-0.4, -0.2) is 67.4 Å². The van der Waals surface area contributed by atoms with E-state index in [0.717, 1.165) is 51.5 Å². The summed E-state index contributed by atoms with van der Waals surface area (Å²) in [6.07, 6.45) is 4.33. The van der Waals surface area contributed by atoms with Crippen LogP contribution in [-0.2, 0) is 9.59 Å². The molecule has 0 atom stereocenters. The summed E-state index contributed by atoms with van der Waals surface area (Å²) in [5, 5.41) is 2.99. The molecule has 1 aromatic rings. The lowest BCUT2D eigenvalue weighted by molar-refractivity contribution is -0.130. The third-order valence-corrected chi connectivity index (χ3v) is 5.34. The summed E-state index contributed by atoms with van der Waals surface area (Å²) in [5.74, 6) is 0.181. The number of carbonyl (C=O) groups is 2. The molecule has 2 heterocycles. The lowest BCUT2D eigenvalue weighted by Gasteiger charge is -2.34. The lowest BCUT2D eigenvalue weighted by atomic mass is 10.1. The van der Waals surface area contributed by atoms with Crippen LogP contribution in [0.4, 0.5) is 11.4 Å². The number of anilines is 2. The van der Waals surface area contributed by atoms with Crippen LogP contribution in [0.3, 0.4) is 0 Å². The number of hydrogen-bond acceptors (Lipinski definition) is 4. The van der Waals surface area contributed by atoms with Crippen molar-refractivity contribution in [1.29, 1.82) is 0 Å². The predicted octanol–water partition coefficient (Wildman–Crippen LogP) is 2.17. The molecule has 0 aromatic heterocycles. The third kappa shape index (κ3) is 5.21. The Morgan fingerprint density at radius 2 is 1.58 bits per heavy atom. The Hall–Kier alpha value is -2.08. The second-order valence-electron chi connectivity index (χ2n) is 7.24. The SMILES string of the molecule is CC(=O)N1CCN(CCC(=O)Nc2ccc(N3CCCCC3)cc2)CC1. The summed E-state index contributed by atoms with van der Waals surface area (Å²) in [6, 6.07) is 8.19. The van der Waals surface area contributed by atoms with Crippen LogP contribution < -0.4 is 10.2 Å². The molecule has 0 unspecified atom stereocenters. The van der Waals surface area contributed by atoms with Crippen molar-refractivity contribution in [2.75, 3.05) is 56.0 Å². The highest BCUT2D eigenvalue weighted by Crippen LogP contribution is 2.21. The largest absolute Gasteiger partial charge is 0.372 e. The fraction of sp³-hybridized carbons (Fsp3) is 0.600. The van der Waals surface area contributed by atoms with E-state index < -0.39 is 0 Å². The van der Waals surface area contributed by atoms with Gasteiger partial charge in [-0.05, 0) is 43.5 Å². The van der Waals surface area contributed by atoms with E-state index in [9.17, 15) is 9.59 Å². The molecular weight excluding hydrogens is 328 g/mol. The normalized spacial score (nSPS) is 18.7. The fourth-order valence-electron chi connectivity index (χ4n) is 3.68. The molecule has 2 saturated heterocycles. The Morgan fingerprint density at radius 3 is 2.19 bits per heavy atom. The molecule has 3 rings (SSSR count). The first-order chi connectivity index (χ1) is 12.6. The molecule has 2 aliphatic rings. The number of nitrogens with one attached hydrogen (secondary N) is 1. The van der Waals surface area contributed by atoms with Gasteiger partial charge in [0.15, 0.2) is 0 Å². The average molecular weight is 358 g/mol. The molecule has 2 amide bonds. The van der Waals surface area contributed by atoms with Crippen LogP contribution in [0, 0.1) is 0 Å². The molecule has 6 heteroatoms. The number of piperidine rings is 1. The quantitative estimate of drug-likeness (QED) is 0.876. The summed E-state index contributed by atoms with van der Waals surface area (Å²) in [4.78, 5) is 30.1. The average Bonchev–Trinajstić information content (AvgIpc) is 2.68. The minimum Gasteiger partial charge on any atom is -0.372 e. The second-order valence-corrected chi connectivity index (χ2v) is 7.24. The van der Waals surface area contributed by atoms with E-state index in [1.54, 1.807) is 6.92 Å². The molecule has 0 saturated carbocycles. The Morgan fingerprint density at radius 1 is 0.923 bits per heavy atom. The summed E-state index contributed by atoms with van der Waals surface area (Å²) in [7, 11) is 0. The van der Waals surface area contributed by atoms with E-state index in [1.165, 1.54) is 24.9 Å². The van der Waals surface area contributed by atoms with Crippen molar-refractivity contribution >= 4 is 23.2 Å². The smallest absolute Gasteiger partial charge is 0.225 e. The van der Waals surface area contributed by atoms with Crippen LogP contribution in [0.25, 0.3) is 0 Å².